The number of halogens is 4. The molecule has 0 radical (unpaired) electrons. The molecule has 0 aliphatic rings. The first-order valence-electron chi connectivity index (χ1n) is 6.75. The Labute approximate surface area is 129 Å². The van der Waals surface area contributed by atoms with Crippen molar-refractivity contribution in [2.45, 2.75) is 12.7 Å². The number of aromatic nitrogens is 3. The number of hydrogen-bond donors (Lipinski definition) is 0. The molecule has 118 valence electrons. The summed E-state index contributed by atoms with van der Waals surface area (Å²) in [6.45, 7) is -0.0517. The van der Waals surface area contributed by atoms with Crippen molar-refractivity contribution in [1.82, 2.24) is 15.0 Å². The van der Waals surface area contributed by atoms with E-state index in [1.54, 1.807) is 30.3 Å². The highest BCUT2D eigenvalue weighted by atomic mass is 19.4. The summed E-state index contributed by atoms with van der Waals surface area (Å²) in [5, 5.41) is 7.28. The highest BCUT2D eigenvalue weighted by Gasteiger charge is 2.39. The SMILES string of the molecule is Fc1ccc(-c2nnn(Cc3ccccc3)c2C(F)(F)F)cc1. The van der Waals surface area contributed by atoms with Gasteiger partial charge in [-0.1, -0.05) is 35.5 Å². The van der Waals surface area contributed by atoms with E-state index in [4.69, 9.17) is 0 Å². The highest BCUT2D eigenvalue weighted by Crippen LogP contribution is 2.36. The molecule has 23 heavy (non-hydrogen) atoms. The summed E-state index contributed by atoms with van der Waals surface area (Å²) in [6, 6.07) is 13.3. The first kappa shape index (κ1) is 15.2. The van der Waals surface area contributed by atoms with E-state index < -0.39 is 17.7 Å². The molecule has 0 N–H and O–H groups in total. The van der Waals surface area contributed by atoms with Crippen LogP contribution in [0.1, 0.15) is 11.3 Å². The normalized spacial score (nSPS) is 11.7. The molecule has 0 amide bonds. The molecule has 0 unspecified atom stereocenters. The minimum atomic E-state index is -4.62. The zero-order valence-electron chi connectivity index (χ0n) is 11.8. The fourth-order valence-electron chi connectivity index (χ4n) is 2.26. The quantitative estimate of drug-likeness (QED) is 0.679. The Balaban J connectivity index is 2.06. The van der Waals surface area contributed by atoms with Gasteiger partial charge in [0.15, 0.2) is 5.69 Å². The minimum absolute atomic E-state index is 0.0517. The summed E-state index contributed by atoms with van der Waals surface area (Å²) in [6.07, 6.45) is -4.62. The van der Waals surface area contributed by atoms with Gasteiger partial charge in [0.25, 0.3) is 0 Å². The molecule has 7 heteroatoms. The molecule has 0 spiro atoms. The van der Waals surface area contributed by atoms with Gasteiger partial charge < -0.3 is 0 Å². The van der Waals surface area contributed by atoms with Crippen LogP contribution in [0.4, 0.5) is 17.6 Å². The maximum atomic E-state index is 13.4. The summed E-state index contributed by atoms with van der Waals surface area (Å²) in [5.74, 6) is -0.529. The van der Waals surface area contributed by atoms with E-state index in [0.29, 0.717) is 5.56 Å². The lowest BCUT2D eigenvalue weighted by molar-refractivity contribution is -0.143. The molecular weight excluding hydrogens is 310 g/mol. The fourth-order valence-corrected chi connectivity index (χ4v) is 2.26. The zero-order valence-corrected chi connectivity index (χ0v) is 11.8. The summed E-state index contributed by atoms with van der Waals surface area (Å²) in [4.78, 5) is 0. The van der Waals surface area contributed by atoms with Crippen LogP contribution in [0.15, 0.2) is 54.6 Å². The molecule has 0 bridgehead atoms. The van der Waals surface area contributed by atoms with Crippen LogP contribution in [0.5, 0.6) is 0 Å². The van der Waals surface area contributed by atoms with Crippen LogP contribution >= 0.6 is 0 Å². The van der Waals surface area contributed by atoms with Crippen LogP contribution in [0.25, 0.3) is 11.3 Å². The lowest BCUT2D eigenvalue weighted by Gasteiger charge is -2.11. The second kappa shape index (κ2) is 5.83. The lowest BCUT2D eigenvalue weighted by Crippen LogP contribution is -2.16. The van der Waals surface area contributed by atoms with E-state index in [2.05, 4.69) is 10.3 Å². The molecule has 3 nitrogen and oxygen atoms in total. The van der Waals surface area contributed by atoms with Gasteiger partial charge in [-0.2, -0.15) is 13.2 Å². The van der Waals surface area contributed by atoms with Gasteiger partial charge in [-0.3, -0.25) is 0 Å². The number of rotatable bonds is 3. The molecular formula is C16H11F4N3. The van der Waals surface area contributed by atoms with Gasteiger partial charge >= 0.3 is 6.18 Å². The van der Waals surface area contributed by atoms with Crippen molar-refractivity contribution >= 4 is 0 Å². The van der Waals surface area contributed by atoms with E-state index >= 15 is 0 Å². The van der Waals surface area contributed by atoms with Crippen molar-refractivity contribution in [2.24, 2.45) is 0 Å². The second-order valence-corrected chi connectivity index (χ2v) is 4.93. The molecule has 0 fully saturated rings. The molecule has 3 aromatic rings. The Bertz CT molecular complexity index is 792. The fraction of sp³-hybridized carbons (Fsp3) is 0.125. The monoisotopic (exact) mass is 321 g/mol. The minimum Gasteiger partial charge on any atom is -0.235 e. The molecule has 0 aliphatic heterocycles. The van der Waals surface area contributed by atoms with Crippen LogP contribution < -0.4 is 0 Å². The third-order valence-corrected chi connectivity index (χ3v) is 3.30. The van der Waals surface area contributed by atoms with Gasteiger partial charge in [0, 0.05) is 5.56 Å². The third-order valence-electron chi connectivity index (χ3n) is 3.30. The number of benzene rings is 2. The average molecular weight is 321 g/mol. The van der Waals surface area contributed by atoms with Gasteiger partial charge in [-0.05, 0) is 29.8 Å². The van der Waals surface area contributed by atoms with Crippen LogP contribution in [-0.4, -0.2) is 15.0 Å². The first-order valence-corrected chi connectivity index (χ1v) is 6.75. The molecule has 1 heterocycles. The molecule has 0 atom stereocenters. The molecule has 1 aromatic heterocycles. The van der Waals surface area contributed by atoms with Gasteiger partial charge in [-0.25, -0.2) is 9.07 Å². The van der Waals surface area contributed by atoms with E-state index in [9.17, 15) is 17.6 Å². The standard InChI is InChI=1S/C16H11F4N3/c17-13-8-6-12(7-9-13)14-15(16(18,19)20)23(22-21-14)10-11-4-2-1-3-5-11/h1-9H,10H2. The van der Waals surface area contributed by atoms with Crippen molar-refractivity contribution in [2.75, 3.05) is 0 Å². The maximum absolute atomic E-state index is 13.4. The van der Waals surface area contributed by atoms with Crippen molar-refractivity contribution in [3.8, 4) is 11.3 Å². The van der Waals surface area contributed by atoms with Crippen LogP contribution in [0.3, 0.4) is 0 Å². The Kier molecular flexibility index (Phi) is 3.85. The maximum Gasteiger partial charge on any atom is 0.435 e. The topological polar surface area (TPSA) is 30.7 Å². The Morgan fingerprint density at radius 3 is 2.17 bits per heavy atom. The average Bonchev–Trinajstić information content (AvgIpc) is 2.93. The Morgan fingerprint density at radius 2 is 1.57 bits per heavy atom. The Hall–Kier alpha value is -2.70. The zero-order chi connectivity index (χ0) is 16.4. The Morgan fingerprint density at radius 1 is 0.913 bits per heavy atom. The largest absolute Gasteiger partial charge is 0.435 e. The summed E-state index contributed by atoms with van der Waals surface area (Å²) < 4.78 is 54.1. The van der Waals surface area contributed by atoms with Crippen LogP contribution in [0, 0.1) is 5.82 Å². The van der Waals surface area contributed by atoms with E-state index in [-0.39, 0.29) is 17.8 Å². The van der Waals surface area contributed by atoms with E-state index in [1.807, 2.05) is 0 Å². The van der Waals surface area contributed by atoms with Crippen molar-refractivity contribution in [3.05, 3.63) is 71.7 Å². The first-order chi connectivity index (χ1) is 10.9. The van der Waals surface area contributed by atoms with Gasteiger partial charge in [0.2, 0.25) is 0 Å². The predicted molar refractivity (Wildman–Crippen MR) is 76.0 cm³/mol. The van der Waals surface area contributed by atoms with Crippen molar-refractivity contribution in [3.63, 3.8) is 0 Å². The van der Waals surface area contributed by atoms with Crippen LogP contribution in [-0.2, 0) is 12.7 Å². The summed E-state index contributed by atoms with van der Waals surface area (Å²) in [5.41, 5.74) is -0.423. The van der Waals surface area contributed by atoms with Gasteiger partial charge in [0.1, 0.15) is 11.5 Å². The molecule has 3 rings (SSSR count). The van der Waals surface area contributed by atoms with Gasteiger partial charge in [0.05, 0.1) is 6.54 Å². The molecule has 0 saturated heterocycles. The molecule has 2 aromatic carbocycles. The van der Waals surface area contributed by atoms with E-state index in [0.717, 1.165) is 16.8 Å². The third kappa shape index (κ3) is 3.23. The highest BCUT2D eigenvalue weighted by molar-refractivity contribution is 5.62. The lowest BCUT2D eigenvalue weighted by atomic mass is 10.1. The van der Waals surface area contributed by atoms with Crippen molar-refractivity contribution < 1.29 is 17.6 Å². The number of hydrogen-bond acceptors (Lipinski definition) is 2. The molecule has 0 saturated carbocycles. The van der Waals surface area contributed by atoms with E-state index in [1.165, 1.54) is 12.1 Å². The summed E-state index contributed by atoms with van der Waals surface area (Å²) in [7, 11) is 0. The number of alkyl halides is 3. The predicted octanol–water partition coefficient (Wildman–Crippen LogP) is 4.15. The molecule has 0 aliphatic carbocycles. The summed E-state index contributed by atoms with van der Waals surface area (Å²) >= 11 is 0. The van der Waals surface area contributed by atoms with Crippen molar-refractivity contribution in [1.29, 1.82) is 0 Å². The van der Waals surface area contributed by atoms with Crippen LogP contribution in [0.2, 0.25) is 0 Å². The second-order valence-electron chi connectivity index (χ2n) is 4.93. The van der Waals surface area contributed by atoms with Gasteiger partial charge in [-0.15, -0.1) is 5.10 Å². The smallest absolute Gasteiger partial charge is 0.235 e. The number of nitrogens with zero attached hydrogens (tertiary/aromatic N) is 3.